The zero-order chi connectivity index (χ0) is 18.9. The minimum atomic E-state index is -1.33. The highest BCUT2D eigenvalue weighted by molar-refractivity contribution is 6.42. The summed E-state index contributed by atoms with van der Waals surface area (Å²) in [5, 5.41) is 5.80. The molecule has 1 unspecified atom stereocenters. The first-order chi connectivity index (χ1) is 12.3. The third-order valence-corrected chi connectivity index (χ3v) is 4.85. The Labute approximate surface area is 159 Å². The van der Waals surface area contributed by atoms with Crippen LogP contribution in [0.4, 0.5) is 4.79 Å². The number of rotatable bonds is 5. The minimum absolute atomic E-state index is 0.166. The topological polar surface area (TPSA) is 91.7 Å². The van der Waals surface area contributed by atoms with Gasteiger partial charge in [0.2, 0.25) is 5.91 Å². The van der Waals surface area contributed by atoms with Gasteiger partial charge in [0.15, 0.2) is 0 Å². The molecular formula is C17H15Cl2N3O4. The highest BCUT2D eigenvalue weighted by atomic mass is 35.5. The lowest BCUT2D eigenvalue weighted by Crippen LogP contribution is -2.43. The van der Waals surface area contributed by atoms with Gasteiger partial charge >= 0.3 is 6.03 Å². The zero-order valence-corrected chi connectivity index (χ0v) is 15.2. The number of furan rings is 1. The predicted molar refractivity (Wildman–Crippen MR) is 94.6 cm³/mol. The van der Waals surface area contributed by atoms with E-state index in [0.29, 0.717) is 16.3 Å². The van der Waals surface area contributed by atoms with Crippen molar-refractivity contribution in [3.8, 4) is 0 Å². The van der Waals surface area contributed by atoms with Crippen LogP contribution in [0.15, 0.2) is 41.0 Å². The fraction of sp³-hybridized carbons (Fsp3) is 0.235. The molecule has 1 fully saturated rings. The van der Waals surface area contributed by atoms with E-state index in [2.05, 4.69) is 10.6 Å². The van der Waals surface area contributed by atoms with Crippen molar-refractivity contribution in [3.05, 3.63) is 58.0 Å². The summed E-state index contributed by atoms with van der Waals surface area (Å²) in [5.74, 6) is -0.464. The highest BCUT2D eigenvalue weighted by Gasteiger charge is 2.49. The first-order valence-electron chi connectivity index (χ1n) is 7.70. The van der Waals surface area contributed by atoms with Crippen LogP contribution in [0, 0.1) is 0 Å². The van der Waals surface area contributed by atoms with Crippen molar-refractivity contribution in [2.45, 2.75) is 19.0 Å². The van der Waals surface area contributed by atoms with Gasteiger partial charge in [0.25, 0.3) is 5.91 Å². The number of carbonyl (C=O) groups is 3. The first kappa shape index (κ1) is 18.3. The van der Waals surface area contributed by atoms with Crippen LogP contribution < -0.4 is 10.6 Å². The second kappa shape index (κ2) is 7.01. The number of urea groups is 1. The Morgan fingerprint density at radius 2 is 2.04 bits per heavy atom. The minimum Gasteiger partial charge on any atom is -0.467 e. The number of hydrogen-bond donors (Lipinski definition) is 2. The lowest BCUT2D eigenvalue weighted by molar-refractivity contribution is -0.134. The molecule has 2 N–H and O–H groups in total. The first-order valence-corrected chi connectivity index (χ1v) is 8.45. The van der Waals surface area contributed by atoms with Gasteiger partial charge in [-0.05, 0) is 36.8 Å². The fourth-order valence-electron chi connectivity index (χ4n) is 2.64. The number of imide groups is 1. The summed E-state index contributed by atoms with van der Waals surface area (Å²) < 4.78 is 5.11. The van der Waals surface area contributed by atoms with Crippen LogP contribution >= 0.6 is 23.2 Å². The zero-order valence-electron chi connectivity index (χ0n) is 13.7. The van der Waals surface area contributed by atoms with Gasteiger partial charge in [-0.3, -0.25) is 14.5 Å². The molecular weight excluding hydrogens is 381 g/mol. The van der Waals surface area contributed by atoms with Crippen molar-refractivity contribution in [2.75, 3.05) is 6.54 Å². The lowest BCUT2D eigenvalue weighted by Gasteiger charge is -2.22. The van der Waals surface area contributed by atoms with Gasteiger partial charge in [0, 0.05) is 0 Å². The van der Waals surface area contributed by atoms with E-state index in [1.807, 2.05) is 0 Å². The highest BCUT2D eigenvalue weighted by Crippen LogP contribution is 2.32. The van der Waals surface area contributed by atoms with Gasteiger partial charge in [0.05, 0.1) is 22.9 Å². The molecule has 1 aliphatic rings. The third-order valence-electron chi connectivity index (χ3n) is 4.11. The Kier molecular flexibility index (Phi) is 4.93. The van der Waals surface area contributed by atoms with E-state index >= 15 is 0 Å². The molecule has 2 heterocycles. The average molecular weight is 396 g/mol. The van der Waals surface area contributed by atoms with Gasteiger partial charge in [-0.25, -0.2) is 4.79 Å². The SMILES string of the molecule is CC1(c2ccc(Cl)c(Cl)c2)NC(=O)N(CC(=O)NCc2ccco2)C1=O. The fourth-order valence-corrected chi connectivity index (χ4v) is 2.94. The molecule has 1 aromatic carbocycles. The number of carbonyl (C=O) groups excluding carboxylic acids is 3. The Morgan fingerprint density at radius 1 is 1.27 bits per heavy atom. The normalized spacial score (nSPS) is 19.6. The Bertz CT molecular complexity index is 869. The van der Waals surface area contributed by atoms with Crippen LogP contribution in [-0.4, -0.2) is 29.3 Å². The average Bonchev–Trinajstić information content (AvgIpc) is 3.19. The molecule has 4 amide bonds. The molecule has 7 nitrogen and oxygen atoms in total. The number of nitrogens with one attached hydrogen (secondary N) is 2. The van der Waals surface area contributed by atoms with Crippen LogP contribution in [0.25, 0.3) is 0 Å². The van der Waals surface area contributed by atoms with Crippen LogP contribution in [0.2, 0.25) is 10.0 Å². The largest absolute Gasteiger partial charge is 0.467 e. The van der Waals surface area contributed by atoms with Gasteiger partial charge < -0.3 is 15.1 Å². The van der Waals surface area contributed by atoms with Crippen LogP contribution in [0.5, 0.6) is 0 Å². The second-order valence-electron chi connectivity index (χ2n) is 5.93. The van der Waals surface area contributed by atoms with E-state index in [1.165, 1.54) is 12.3 Å². The standard InChI is InChI=1S/C17H15Cl2N3O4/c1-17(10-4-5-12(18)13(19)7-10)15(24)22(16(25)21-17)9-14(23)20-8-11-3-2-6-26-11/h2-7H,8-9H2,1H3,(H,20,23)(H,21,25). The summed E-state index contributed by atoms with van der Waals surface area (Å²) in [6.45, 7) is 1.31. The summed E-state index contributed by atoms with van der Waals surface area (Å²) in [6, 6.07) is 7.41. The molecule has 0 radical (unpaired) electrons. The summed E-state index contributed by atoms with van der Waals surface area (Å²) in [5.41, 5.74) is -0.851. The summed E-state index contributed by atoms with van der Waals surface area (Å²) in [4.78, 5) is 37.9. The molecule has 0 spiro atoms. The maximum Gasteiger partial charge on any atom is 0.325 e. The molecule has 26 heavy (non-hydrogen) atoms. The number of halogens is 2. The quantitative estimate of drug-likeness (QED) is 0.761. The predicted octanol–water partition coefficient (Wildman–Crippen LogP) is 2.67. The Balaban J connectivity index is 1.71. The van der Waals surface area contributed by atoms with Gasteiger partial charge in [-0.15, -0.1) is 0 Å². The molecule has 136 valence electrons. The Hall–Kier alpha value is -2.51. The smallest absolute Gasteiger partial charge is 0.325 e. The molecule has 1 saturated heterocycles. The molecule has 9 heteroatoms. The van der Waals surface area contributed by atoms with Crippen molar-refractivity contribution in [1.29, 1.82) is 0 Å². The molecule has 3 rings (SSSR count). The lowest BCUT2D eigenvalue weighted by atomic mass is 9.92. The van der Waals surface area contributed by atoms with E-state index in [4.69, 9.17) is 27.6 Å². The molecule has 0 saturated carbocycles. The molecule has 1 atom stereocenters. The summed E-state index contributed by atoms with van der Waals surface area (Å²) in [6.07, 6.45) is 1.49. The number of nitrogens with zero attached hydrogens (tertiary/aromatic N) is 1. The van der Waals surface area contributed by atoms with Crippen molar-refractivity contribution in [1.82, 2.24) is 15.5 Å². The van der Waals surface area contributed by atoms with E-state index in [-0.39, 0.29) is 11.6 Å². The maximum absolute atomic E-state index is 12.8. The summed E-state index contributed by atoms with van der Waals surface area (Å²) >= 11 is 11.9. The molecule has 0 bridgehead atoms. The van der Waals surface area contributed by atoms with Crippen molar-refractivity contribution in [3.63, 3.8) is 0 Å². The maximum atomic E-state index is 12.8. The number of amides is 4. The summed E-state index contributed by atoms with van der Waals surface area (Å²) in [7, 11) is 0. The number of hydrogen-bond acceptors (Lipinski definition) is 4. The molecule has 0 aliphatic carbocycles. The second-order valence-corrected chi connectivity index (χ2v) is 6.75. The molecule has 1 aromatic heterocycles. The van der Waals surface area contributed by atoms with E-state index in [9.17, 15) is 14.4 Å². The van der Waals surface area contributed by atoms with Gasteiger partial charge in [-0.2, -0.15) is 0 Å². The van der Waals surface area contributed by atoms with E-state index in [1.54, 1.807) is 31.2 Å². The Morgan fingerprint density at radius 3 is 2.69 bits per heavy atom. The third kappa shape index (κ3) is 3.40. The van der Waals surface area contributed by atoms with Crippen LogP contribution in [0.1, 0.15) is 18.2 Å². The van der Waals surface area contributed by atoms with E-state index < -0.39 is 29.9 Å². The van der Waals surface area contributed by atoms with Crippen molar-refractivity contribution >= 4 is 41.0 Å². The van der Waals surface area contributed by atoms with Crippen LogP contribution in [-0.2, 0) is 21.7 Å². The van der Waals surface area contributed by atoms with E-state index in [0.717, 1.165) is 4.90 Å². The molecule has 1 aliphatic heterocycles. The number of benzene rings is 1. The monoisotopic (exact) mass is 395 g/mol. The van der Waals surface area contributed by atoms with Crippen LogP contribution in [0.3, 0.4) is 0 Å². The van der Waals surface area contributed by atoms with Gasteiger partial charge in [-0.1, -0.05) is 29.3 Å². The van der Waals surface area contributed by atoms with Gasteiger partial charge in [0.1, 0.15) is 17.8 Å². The molecule has 2 aromatic rings. The van der Waals surface area contributed by atoms with Crippen molar-refractivity contribution in [2.24, 2.45) is 0 Å². The van der Waals surface area contributed by atoms with Crippen molar-refractivity contribution < 1.29 is 18.8 Å².